The van der Waals surface area contributed by atoms with Crippen molar-refractivity contribution in [2.75, 3.05) is 11.9 Å². The van der Waals surface area contributed by atoms with Crippen LogP contribution in [-0.2, 0) is 4.79 Å². The number of carbonyl (C=O) groups is 1. The second-order valence-electron chi connectivity index (χ2n) is 4.88. The van der Waals surface area contributed by atoms with Gasteiger partial charge in [-0.25, -0.2) is 0 Å². The Labute approximate surface area is 127 Å². The van der Waals surface area contributed by atoms with Crippen LogP contribution < -0.4 is 10.1 Å². The molecule has 6 nitrogen and oxygen atoms in total. The Morgan fingerprint density at radius 3 is 2.64 bits per heavy atom. The lowest BCUT2D eigenvalue weighted by molar-refractivity contribution is -0.384. The minimum absolute atomic E-state index is 0.135. The average Bonchev–Trinajstić information content (AvgIpc) is 2.48. The molecule has 0 unspecified atom stereocenters. The third-order valence-electron chi connectivity index (χ3n) is 3.08. The molecule has 0 saturated heterocycles. The molecule has 114 valence electrons. The summed E-state index contributed by atoms with van der Waals surface area (Å²) < 4.78 is 5.41. The number of benzene rings is 2. The molecule has 0 atom stereocenters. The molecular formula is C16H16N2O4. The molecule has 0 bridgehead atoms. The molecule has 2 aromatic rings. The second kappa shape index (κ2) is 6.71. The van der Waals surface area contributed by atoms with Gasteiger partial charge in [0.2, 0.25) is 0 Å². The molecule has 0 heterocycles. The minimum atomic E-state index is -0.523. The van der Waals surface area contributed by atoms with Crippen molar-refractivity contribution < 1.29 is 14.5 Å². The number of aryl methyl sites for hydroxylation is 2. The van der Waals surface area contributed by atoms with Crippen LogP contribution in [0.25, 0.3) is 0 Å². The third kappa shape index (κ3) is 3.82. The molecule has 2 aromatic carbocycles. The highest BCUT2D eigenvalue weighted by atomic mass is 16.6. The number of hydrogen-bond acceptors (Lipinski definition) is 4. The van der Waals surface area contributed by atoms with Crippen molar-refractivity contribution in [3.05, 3.63) is 63.7 Å². The van der Waals surface area contributed by atoms with E-state index in [4.69, 9.17) is 4.74 Å². The van der Waals surface area contributed by atoms with Crippen molar-refractivity contribution in [1.29, 1.82) is 0 Å². The van der Waals surface area contributed by atoms with Crippen LogP contribution in [0.1, 0.15) is 11.1 Å². The zero-order valence-electron chi connectivity index (χ0n) is 12.3. The number of amides is 1. The van der Waals surface area contributed by atoms with Crippen LogP contribution in [0, 0.1) is 24.0 Å². The van der Waals surface area contributed by atoms with E-state index in [0.717, 1.165) is 11.1 Å². The Hall–Kier alpha value is -2.89. The van der Waals surface area contributed by atoms with Gasteiger partial charge in [-0.05, 0) is 37.1 Å². The van der Waals surface area contributed by atoms with Gasteiger partial charge in [-0.15, -0.1) is 0 Å². The number of hydrogen-bond donors (Lipinski definition) is 1. The summed E-state index contributed by atoms with van der Waals surface area (Å²) in [6, 6.07) is 11.9. The Morgan fingerprint density at radius 2 is 1.95 bits per heavy atom. The highest BCUT2D eigenvalue weighted by Crippen LogP contribution is 2.25. The number of ether oxygens (including phenoxy) is 1. The molecule has 1 N–H and O–H groups in total. The van der Waals surface area contributed by atoms with E-state index >= 15 is 0 Å². The summed E-state index contributed by atoms with van der Waals surface area (Å²) >= 11 is 0. The third-order valence-corrected chi connectivity index (χ3v) is 3.08. The van der Waals surface area contributed by atoms with Gasteiger partial charge in [0.1, 0.15) is 11.4 Å². The first-order valence-electron chi connectivity index (χ1n) is 6.70. The molecule has 0 aromatic heterocycles. The van der Waals surface area contributed by atoms with Gasteiger partial charge in [-0.3, -0.25) is 14.9 Å². The Bertz CT molecular complexity index is 713. The van der Waals surface area contributed by atoms with Gasteiger partial charge in [-0.1, -0.05) is 24.3 Å². The summed E-state index contributed by atoms with van der Waals surface area (Å²) in [5.74, 6) is 0.159. The molecule has 1 amide bonds. The molecule has 2 rings (SSSR count). The number of nitro groups is 1. The van der Waals surface area contributed by atoms with E-state index in [9.17, 15) is 14.9 Å². The van der Waals surface area contributed by atoms with Crippen molar-refractivity contribution in [3.63, 3.8) is 0 Å². The second-order valence-corrected chi connectivity index (χ2v) is 4.88. The quantitative estimate of drug-likeness (QED) is 0.679. The maximum atomic E-state index is 11.9. The van der Waals surface area contributed by atoms with E-state index in [1.54, 1.807) is 19.1 Å². The molecule has 0 saturated carbocycles. The van der Waals surface area contributed by atoms with Gasteiger partial charge in [-0.2, -0.15) is 0 Å². The van der Waals surface area contributed by atoms with E-state index < -0.39 is 10.8 Å². The van der Waals surface area contributed by atoms with Gasteiger partial charge in [0.15, 0.2) is 6.61 Å². The lowest BCUT2D eigenvalue weighted by Gasteiger charge is -2.10. The highest BCUT2D eigenvalue weighted by molar-refractivity contribution is 5.94. The smallest absolute Gasteiger partial charge is 0.293 e. The Balaban J connectivity index is 2.04. The van der Waals surface area contributed by atoms with Gasteiger partial charge in [0.25, 0.3) is 11.6 Å². The van der Waals surface area contributed by atoms with Gasteiger partial charge in [0.05, 0.1) is 4.92 Å². The van der Waals surface area contributed by atoms with Crippen LogP contribution >= 0.6 is 0 Å². The number of nitro benzene ring substituents is 1. The van der Waals surface area contributed by atoms with Crippen molar-refractivity contribution in [3.8, 4) is 5.75 Å². The minimum Gasteiger partial charge on any atom is -0.483 e. The first-order chi connectivity index (χ1) is 10.5. The van der Waals surface area contributed by atoms with Gasteiger partial charge < -0.3 is 10.1 Å². The monoisotopic (exact) mass is 300 g/mol. The molecular weight excluding hydrogens is 284 g/mol. The van der Waals surface area contributed by atoms with Crippen LogP contribution in [0.5, 0.6) is 5.75 Å². The number of rotatable bonds is 5. The topological polar surface area (TPSA) is 81.5 Å². The fourth-order valence-electron chi connectivity index (χ4n) is 1.95. The van der Waals surface area contributed by atoms with E-state index in [2.05, 4.69) is 5.32 Å². The zero-order valence-corrected chi connectivity index (χ0v) is 12.3. The first kappa shape index (κ1) is 15.5. The number of carbonyl (C=O) groups excluding carboxylic acids is 1. The lowest BCUT2D eigenvalue weighted by Crippen LogP contribution is -2.21. The summed E-state index contributed by atoms with van der Waals surface area (Å²) in [6.07, 6.45) is 0. The summed E-state index contributed by atoms with van der Waals surface area (Å²) in [5, 5.41) is 13.5. The van der Waals surface area contributed by atoms with Crippen molar-refractivity contribution in [2.45, 2.75) is 13.8 Å². The predicted octanol–water partition coefficient (Wildman–Crippen LogP) is 3.23. The zero-order chi connectivity index (χ0) is 16.1. The SMILES string of the molecule is Cc1ccc(NC(=O)COc2ccccc2C)c([N+](=O)[O-])c1. The van der Waals surface area contributed by atoms with Crippen molar-refractivity contribution >= 4 is 17.3 Å². The van der Waals surface area contributed by atoms with Crippen molar-refractivity contribution in [1.82, 2.24) is 0 Å². The molecule has 0 aliphatic carbocycles. The van der Waals surface area contributed by atoms with E-state index in [0.29, 0.717) is 5.75 Å². The van der Waals surface area contributed by atoms with Crippen LogP contribution in [0.3, 0.4) is 0 Å². The standard InChI is InChI=1S/C16H16N2O4/c1-11-7-8-13(14(9-11)18(20)21)17-16(19)10-22-15-6-4-3-5-12(15)2/h3-9H,10H2,1-2H3,(H,17,19). The van der Waals surface area contributed by atoms with Crippen molar-refractivity contribution in [2.24, 2.45) is 0 Å². The van der Waals surface area contributed by atoms with Crippen LogP contribution in [0.2, 0.25) is 0 Å². The summed E-state index contributed by atoms with van der Waals surface area (Å²) in [6.45, 7) is 3.41. The summed E-state index contributed by atoms with van der Waals surface area (Å²) in [7, 11) is 0. The summed E-state index contributed by atoms with van der Waals surface area (Å²) in [4.78, 5) is 22.4. The normalized spacial score (nSPS) is 10.1. The van der Waals surface area contributed by atoms with E-state index in [1.165, 1.54) is 12.1 Å². The molecule has 0 radical (unpaired) electrons. The molecule has 0 fully saturated rings. The van der Waals surface area contributed by atoms with Gasteiger partial charge in [0, 0.05) is 6.07 Å². The molecule has 6 heteroatoms. The Morgan fingerprint density at radius 1 is 1.23 bits per heavy atom. The number of nitrogens with one attached hydrogen (secondary N) is 1. The number of anilines is 1. The van der Waals surface area contributed by atoms with Gasteiger partial charge >= 0.3 is 0 Å². The van der Waals surface area contributed by atoms with Crippen LogP contribution in [0.4, 0.5) is 11.4 Å². The highest BCUT2D eigenvalue weighted by Gasteiger charge is 2.16. The first-order valence-corrected chi connectivity index (χ1v) is 6.70. The van der Waals surface area contributed by atoms with E-state index in [1.807, 2.05) is 25.1 Å². The molecule has 0 spiro atoms. The Kier molecular flexibility index (Phi) is 4.73. The molecule has 0 aliphatic heterocycles. The fraction of sp³-hybridized carbons (Fsp3) is 0.188. The number of nitrogens with zero attached hydrogens (tertiary/aromatic N) is 1. The van der Waals surface area contributed by atoms with E-state index in [-0.39, 0.29) is 18.0 Å². The molecule has 22 heavy (non-hydrogen) atoms. The fourth-order valence-corrected chi connectivity index (χ4v) is 1.95. The molecule has 0 aliphatic rings. The van der Waals surface area contributed by atoms with Crippen LogP contribution in [-0.4, -0.2) is 17.4 Å². The van der Waals surface area contributed by atoms with Crippen LogP contribution in [0.15, 0.2) is 42.5 Å². The summed E-state index contributed by atoms with van der Waals surface area (Å²) in [5.41, 5.74) is 1.69. The largest absolute Gasteiger partial charge is 0.483 e. The average molecular weight is 300 g/mol. The maximum absolute atomic E-state index is 11.9. The maximum Gasteiger partial charge on any atom is 0.293 e. The predicted molar refractivity (Wildman–Crippen MR) is 83.1 cm³/mol. The lowest BCUT2D eigenvalue weighted by atomic mass is 10.2. The number of para-hydroxylation sites is 1.